The van der Waals surface area contributed by atoms with Crippen LogP contribution in [-0.2, 0) is 13.0 Å². The maximum atomic E-state index is 12.1. The Morgan fingerprint density at radius 2 is 2.17 bits per heavy atom. The minimum absolute atomic E-state index is 0.0256. The lowest BCUT2D eigenvalue weighted by Gasteiger charge is -2.15. The van der Waals surface area contributed by atoms with Crippen LogP contribution in [0.15, 0.2) is 6.20 Å². The Labute approximate surface area is 101 Å². The highest BCUT2D eigenvalue weighted by atomic mass is 19.4. The zero-order chi connectivity index (χ0) is 13.8. The Morgan fingerprint density at radius 1 is 1.50 bits per heavy atom. The molecule has 1 rings (SSSR count). The van der Waals surface area contributed by atoms with E-state index in [0.29, 0.717) is 5.56 Å². The van der Waals surface area contributed by atoms with Crippen molar-refractivity contribution >= 4 is 0 Å². The lowest BCUT2D eigenvalue weighted by Crippen LogP contribution is -2.19. The third-order valence-electron chi connectivity index (χ3n) is 2.08. The van der Waals surface area contributed by atoms with Crippen LogP contribution in [0, 0.1) is 11.3 Å². The molecule has 0 spiro atoms. The number of hydrogen-bond donors (Lipinski definition) is 1. The fourth-order valence-electron chi connectivity index (χ4n) is 1.40. The van der Waals surface area contributed by atoms with E-state index in [-0.39, 0.29) is 24.3 Å². The number of pyridine rings is 1. The van der Waals surface area contributed by atoms with Gasteiger partial charge in [0.2, 0.25) is 0 Å². The van der Waals surface area contributed by atoms with E-state index in [1.807, 2.05) is 6.07 Å². The smallest absolute Gasteiger partial charge is 0.491 e. The van der Waals surface area contributed by atoms with Crippen LogP contribution in [0.4, 0.5) is 13.2 Å². The molecule has 18 heavy (non-hydrogen) atoms. The first-order valence-electron chi connectivity index (χ1n) is 4.80. The quantitative estimate of drug-likeness (QED) is 0.888. The largest absolute Gasteiger partial charge is 0.574 e. The molecule has 98 valence electrons. The third-order valence-corrected chi connectivity index (χ3v) is 2.08. The van der Waals surface area contributed by atoms with Crippen LogP contribution < -0.4 is 15.2 Å². The summed E-state index contributed by atoms with van der Waals surface area (Å²) < 4.78 is 45.0. The summed E-state index contributed by atoms with van der Waals surface area (Å²) in [4.78, 5) is 3.49. The van der Waals surface area contributed by atoms with Crippen molar-refractivity contribution in [3.8, 4) is 17.7 Å². The van der Waals surface area contributed by atoms with Gasteiger partial charge < -0.3 is 15.2 Å². The van der Waals surface area contributed by atoms with Crippen molar-refractivity contribution in [2.45, 2.75) is 19.3 Å². The predicted octanol–water partition coefficient (Wildman–Crippen LogP) is 1.51. The molecule has 0 saturated heterocycles. The molecule has 0 unspecified atom stereocenters. The molecule has 2 N–H and O–H groups in total. The highest BCUT2D eigenvalue weighted by Gasteiger charge is 2.34. The van der Waals surface area contributed by atoms with E-state index in [1.54, 1.807) is 0 Å². The van der Waals surface area contributed by atoms with Gasteiger partial charge in [0.1, 0.15) is 0 Å². The molecule has 0 fully saturated rings. The van der Waals surface area contributed by atoms with E-state index in [9.17, 15) is 13.2 Å². The van der Waals surface area contributed by atoms with Gasteiger partial charge in [-0.2, -0.15) is 5.26 Å². The number of nitrogens with two attached hydrogens (primary N) is 1. The second-order valence-electron chi connectivity index (χ2n) is 3.19. The summed E-state index contributed by atoms with van der Waals surface area (Å²) >= 11 is 0. The third kappa shape index (κ3) is 3.24. The number of methoxy groups -OCH3 is 1. The van der Waals surface area contributed by atoms with Crippen LogP contribution in [0.3, 0.4) is 0 Å². The first kappa shape index (κ1) is 14.1. The fraction of sp³-hybridized carbons (Fsp3) is 0.400. The number of aromatic nitrogens is 1. The summed E-state index contributed by atoms with van der Waals surface area (Å²) in [6.45, 7) is -0.0864. The van der Waals surface area contributed by atoms with Gasteiger partial charge >= 0.3 is 6.36 Å². The van der Waals surface area contributed by atoms with Crippen LogP contribution in [-0.4, -0.2) is 18.5 Å². The first-order chi connectivity index (χ1) is 8.42. The van der Waals surface area contributed by atoms with Gasteiger partial charge in [-0.05, 0) is 5.56 Å². The van der Waals surface area contributed by atoms with Crippen LogP contribution in [0.25, 0.3) is 0 Å². The summed E-state index contributed by atoms with van der Waals surface area (Å²) in [6.07, 6.45) is -3.78. The van der Waals surface area contributed by atoms with Crippen LogP contribution >= 0.6 is 0 Å². The molecule has 0 saturated carbocycles. The number of alkyl halides is 3. The molecule has 0 aliphatic carbocycles. The average Bonchev–Trinajstić information content (AvgIpc) is 2.28. The molecule has 0 amide bonds. The molecule has 5 nitrogen and oxygen atoms in total. The van der Waals surface area contributed by atoms with Crippen LogP contribution in [0.1, 0.15) is 11.1 Å². The SMILES string of the molecule is COc1c(OC(F)(F)F)ncc(CC#N)c1CN. The molecule has 0 atom stereocenters. The summed E-state index contributed by atoms with van der Waals surface area (Å²) in [5.41, 5.74) is 6.12. The van der Waals surface area contributed by atoms with Crippen molar-refractivity contribution in [1.82, 2.24) is 4.98 Å². The number of ether oxygens (including phenoxy) is 2. The number of halogens is 3. The van der Waals surface area contributed by atoms with Crippen LogP contribution in [0.5, 0.6) is 11.6 Å². The topological polar surface area (TPSA) is 81.2 Å². The Bertz CT molecular complexity index is 469. The number of nitriles is 1. The van der Waals surface area contributed by atoms with E-state index < -0.39 is 12.2 Å². The average molecular weight is 261 g/mol. The van der Waals surface area contributed by atoms with Gasteiger partial charge in [-0.25, -0.2) is 4.98 Å². The molecule has 0 aromatic carbocycles. The van der Waals surface area contributed by atoms with E-state index >= 15 is 0 Å². The molecule has 0 radical (unpaired) electrons. The second kappa shape index (κ2) is 5.55. The molecular weight excluding hydrogens is 251 g/mol. The Balaban J connectivity index is 3.26. The van der Waals surface area contributed by atoms with Crippen molar-refractivity contribution in [2.24, 2.45) is 5.73 Å². The molecule has 0 bridgehead atoms. The van der Waals surface area contributed by atoms with Gasteiger partial charge in [0.05, 0.1) is 19.6 Å². The summed E-state index contributed by atoms with van der Waals surface area (Å²) in [7, 11) is 1.18. The highest BCUT2D eigenvalue weighted by Crippen LogP contribution is 2.34. The lowest BCUT2D eigenvalue weighted by molar-refractivity contribution is -0.276. The zero-order valence-corrected chi connectivity index (χ0v) is 9.41. The van der Waals surface area contributed by atoms with Gasteiger partial charge in [0, 0.05) is 18.3 Å². The summed E-state index contributed by atoms with van der Waals surface area (Å²) in [5.74, 6) is -0.922. The minimum atomic E-state index is -4.87. The van der Waals surface area contributed by atoms with E-state index in [2.05, 4.69) is 9.72 Å². The molecule has 0 aliphatic rings. The van der Waals surface area contributed by atoms with E-state index in [1.165, 1.54) is 7.11 Å². The van der Waals surface area contributed by atoms with Crippen molar-refractivity contribution in [3.63, 3.8) is 0 Å². The predicted molar refractivity (Wildman–Crippen MR) is 54.7 cm³/mol. The Kier molecular flexibility index (Phi) is 4.33. The Hall–Kier alpha value is -2.01. The van der Waals surface area contributed by atoms with Gasteiger partial charge in [0.15, 0.2) is 5.75 Å². The maximum absolute atomic E-state index is 12.1. The number of rotatable bonds is 4. The molecule has 0 aliphatic heterocycles. The lowest BCUT2D eigenvalue weighted by atomic mass is 10.1. The van der Waals surface area contributed by atoms with Crippen molar-refractivity contribution in [2.75, 3.05) is 7.11 Å². The number of hydrogen-bond acceptors (Lipinski definition) is 5. The van der Waals surface area contributed by atoms with Crippen molar-refractivity contribution in [3.05, 3.63) is 17.3 Å². The molecule has 1 heterocycles. The van der Waals surface area contributed by atoms with Gasteiger partial charge in [0.25, 0.3) is 5.88 Å². The first-order valence-corrected chi connectivity index (χ1v) is 4.80. The monoisotopic (exact) mass is 261 g/mol. The number of nitrogens with zero attached hydrogens (tertiary/aromatic N) is 2. The normalized spacial score (nSPS) is 10.9. The molecular formula is C10H10F3N3O2. The van der Waals surface area contributed by atoms with Crippen molar-refractivity contribution in [1.29, 1.82) is 5.26 Å². The maximum Gasteiger partial charge on any atom is 0.574 e. The Morgan fingerprint density at radius 3 is 2.61 bits per heavy atom. The van der Waals surface area contributed by atoms with E-state index in [0.717, 1.165) is 6.20 Å². The highest BCUT2D eigenvalue weighted by molar-refractivity contribution is 5.46. The minimum Gasteiger partial charge on any atom is -0.491 e. The zero-order valence-electron chi connectivity index (χ0n) is 9.41. The summed E-state index contributed by atoms with van der Waals surface area (Å²) in [5, 5.41) is 8.59. The molecule has 8 heteroatoms. The van der Waals surface area contributed by atoms with Crippen LogP contribution in [0.2, 0.25) is 0 Å². The van der Waals surface area contributed by atoms with Gasteiger partial charge in [-0.1, -0.05) is 0 Å². The standard InChI is InChI=1S/C10H10F3N3O2/c1-17-8-7(4-15)6(2-3-14)5-16-9(8)18-10(11,12)13/h5H,2,4,15H2,1H3. The van der Waals surface area contributed by atoms with Crippen molar-refractivity contribution < 1.29 is 22.6 Å². The summed E-state index contributed by atoms with van der Waals surface area (Å²) in [6, 6.07) is 1.86. The second-order valence-corrected chi connectivity index (χ2v) is 3.19. The van der Waals surface area contributed by atoms with E-state index in [4.69, 9.17) is 15.7 Å². The molecule has 1 aromatic heterocycles. The van der Waals surface area contributed by atoms with Gasteiger partial charge in [-0.3, -0.25) is 0 Å². The van der Waals surface area contributed by atoms with Gasteiger partial charge in [-0.15, -0.1) is 13.2 Å². The fourth-order valence-corrected chi connectivity index (χ4v) is 1.40. The molecule has 1 aromatic rings.